The summed E-state index contributed by atoms with van der Waals surface area (Å²) in [4.78, 5) is 16.9. The van der Waals surface area contributed by atoms with Crippen LogP contribution in [0.4, 0.5) is 5.82 Å². The Kier molecular flexibility index (Phi) is 6.87. The number of aliphatic hydroxyl groups excluding tert-OH is 1. The van der Waals surface area contributed by atoms with Crippen LogP contribution in [-0.2, 0) is 5.75 Å². The molecular formula is C21H19ClN2O2S. The Balaban J connectivity index is 1.77. The lowest BCUT2D eigenvalue weighted by molar-refractivity contribution is 0.102. The van der Waals surface area contributed by atoms with E-state index < -0.39 is 0 Å². The highest BCUT2D eigenvalue weighted by molar-refractivity contribution is 7.98. The minimum Gasteiger partial charge on any atom is -0.396 e. The lowest BCUT2D eigenvalue weighted by Crippen LogP contribution is -2.13. The van der Waals surface area contributed by atoms with E-state index in [4.69, 9.17) is 16.7 Å². The van der Waals surface area contributed by atoms with Gasteiger partial charge in [0.2, 0.25) is 0 Å². The van der Waals surface area contributed by atoms with Crippen LogP contribution in [0.25, 0.3) is 11.1 Å². The molecular weight excluding hydrogens is 380 g/mol. The Morgan fingerprint density at radius 3 is 2.67 bits per heavy atom. The second-order valence-electron chi connectivity index (χ2n) is 5.84. The summed E-state index contributed by atoms with van der Waals surface area (Å²) in [7, 11) is 0. The first-order valence-corrected chi connectivity index (χ1v) is 10.0. The molecule has 0 aliphatic carbocycles. The fraction of sp³-hybridized carbons (Fsp3) is 0.143. The van der Waals surface area contributed by atoms with Gasteiger partial charge in [-0.25, -0.2) is 4.98 Å². The maximum atomic E-state index is 12.7. The van der Waals surface area contributed by atoms with Gasteiger partial charge in [-0.3, -0.25) is 4.79 Å². The lowest BCUT2D eigenvalue weighted by atomic mass is 10.0. The number of aliphatic hydroxyl groups is 1. The van der Waals surface area contributed by atoms with E-state index >= 15 is 0 Å². The van der Waals surface area contributed by atoms with E-state index in [1.165, 1.54) is 0 Å². The van der Waals surface area contributed by atoms with Gasteiger partial charge in [0.05, 0.1) is 17.2 Å². The molecule has 2 aromatic carbocycles. The largest absolute Gasteiger partial charge is 0.396 e. The number of pyridine rings is 1. The highest BCUT2D eigenvalue weighted by atomic mass is 35.5. The molecule has 1 aromatic heterocycles. The van der Waals surface area contributed by atoms with Gasteiger partial charge >= 0.3 is 0 Å². The van der Waals surface area contributed by atoms with Gasteiger partial charge in [0.1, 0.15) is 5.82 Å². The molecule has 3 aromatic rings. The molecule has 0 saturated carbocycles. The average Bonchev–Trinajstić information content (AvgIpc) is 2.69. The number of thioether (sulfide) groups is 1. The zero-order valence-electron chi connectivity index (χ0n) is 14.6. The predicted molar refractivity (Wildman–Crippen MR) is 112 cm³/mol. The Bertz CT molecular complexity index is 919. The molecule has 3 rings (SSSR count). The SMILES string of the molecule is O=C(Nc1cc(CSCCO)ccn1)c1cc(-c2ccccc2)ccc1Cl. The minimum atomic E-state index is -0.301. The van der Waals surface area contributed by atoms with Crippen molar-refractivity contribution in [2.24, 2.45) is 0 Å². The van der Waals surface area contributed by atoms with Crippen LogP contribution in [0, 0.1) is 0 Å². The van der Waals surface area contributed by atoms with Gasteiger partial charge < -0.3 is 10.4 Å². The standard InChI is InChI=1S/C21H19ClN2O2S/c22-19-7-6-17(16-4-2-1-3-5-16)13-18(19)21(26)24-20-12-15(8-9-23-20)14-27-11-10-25/h1-9,12-13,25H,10-11,14H2,(H,23,24,26). The van der Waals surface area contributed by atoms with Crippen LogP contribution in [0.5, 0.6) is 0 Å². The molecule has 0 aliphatic rings. The summed E-state index contributed by atoms with van der Waals surface area (Å²) in [5.74, 6) is 1.59. The maximum Gasteiger partial charge on any atom is 0.258 e. The Labute approximate surface area is 167 Å². The Hall–Kier alpha value is -2.34. The predicted octanol–water partition coefficient (Wildman–Crippen LogP) is 4.88. The zero-order chi connectivity index (χ0) is 19.1. The van der Waals surface area contributed by atoms with Crippen LogP contribution in [-0.4, -0.2) is 28.4 Å². The number of hydrogen-bond acceptors (Lipinski definition) is 4. The highest BCUT2D eigenvalue weighted by Crippen LogP contribution is 2.26. The molecule has 1 heterocycles. The third kappa shape index (κ3) is 5.32. The summed E-state index contributed by atoms with van der Waals surface area (Å²) < 4.78 is 0. The van der Waals surface area contributed by atoms with Crippen LogP contribution in [0.3, 0.4) is 0 Å². The number of carbonyl (C=O) groups excluding carboxylic acids is 1. The van der Waals surface area contributed by atoms with Gasteiger partial charge in [-0.05, 0) is 41.0 Å². The Morgan fingerprint density at radius 1 is 1.07 bits per heavy atom. The first-order chi connectivity index (χ1) is 13.2. The van der Waals surface area contributed by atoms with Gasteiger partial charge in [-0.2, -0.15) is 11.8 Å². The number of halogens is 1. The van der Waals surface area contributed by atoms with E-state index in [1.807, 2.05) is 48.5 Å². The molecule has 0 saturated heterocycles. The fourth-order valence-electron chi connectivity index (χ4n) is 2.58. The molecule has 0 fully saturated rings. The number of amides is 1. The van der Waals surface area contributed by atoms with Crippen LogP contribution >= 0.6 is 23.4 Å². The molecule has 138 valence electrons. The fourth-order valence-corrected chi connectivity index (χ4v) is 3.47. The van der Waals surface area contributed by atoms with Gasteiger partial charge in [0.15, 0.2) is 0 Å². The van der Waals surface area contributed by atoms with Gasteiger partial charge in [0.25, 0.3) is 5.91 Å². The number of anilines is 1. The molecule has 2 N–H and O–H groups in total. The zero-order valence-corrected chi connectivity index (χ0v) is 16.1. The van der Waals surface area contributed by atoms with Crippen LogP contribution in [0.1, 0.15) is 15.9 Å². The number of carbonyl (C=O) groups is 1. The summed E-state index contributed by atoms with van der Waals surface area (Å²) in [6.07, 6.45) is 1.66. The van der Waals surface area contributed by atoms with Crippen LogP contribution in [0.15, 0.2) is 66.9 Å². The highest BCUT2D eigenvalue weighted by Gasteiger charge is 2.13. The second-order valence-corrected chi connectivity index (χ2v) is 7.35. The monoisotopic (exact) mass is 398 g/mol. The molecule has 1 amide bonds. The summed E-state index contributed by atoms with van der Waals surface area (Å²) >= 11 is 7.87. The molecule has 0 unspecified atom stereocenters. The van der Waals surface area contributed by atoms with E-state index in [2.05, 4.69) is 10.3 Å². The maximum absolute atomic E-state index is 12.7. The molecule has 6 heteroatoms. The van der Waals surface area contributed by atoms with Crippen molar-refractivity contribution < 1.29 is 9.90 Å². The number of aromatic nitrogens is 1. The van der Waals surface area contributed by atoms with Crippen molar-refractivity contribution >= 4 is 35.1 Å². The van der Waals surface area contributed by atoms with Crippen molar-refractivity contribution in [3.05, 3.63) is 83.0 Å². The first-order valence-electron chi connectivity index (χ1n) is 8.47. The number of nitrogens with zero attached hydrogens (tertiary/aromatic N) is 1. The van der Waals surface area contributed by atoms with Crippen LogP contribution < -0.4 is 5.32 Å². The number of benzene rings is 2. The smallest absolute Gasteiger partial charge is 0.258 e. The van der Waals surface area contributed by atoms with E-state index in [9.17, 15) is 4.79 Å². The number of rotatable bonds is 7. The van der Waals surface area contributed by atoms with Crippen molar-refractivity contribution in [3.63, 3.8) is 0 Å². The number of nitrogens with one attached hydrogen (secondary N) is 1. The summed E-state index contributed by atoms with van der Waals surface area (Å²) in [6.45, 7) is 0.148. The van der Waals surface area contributed by atoms with Gasteiger partial charge in [-0.1, -0.05) is 48.0 Å². The average molecular weight is 399 g/mol. The van der Waals surface area contributed by atoms with Crippen LogP contribution in [0.2, 0.25) is 5.02 Å². The molecule has 0 spiro atoms. The van der Waals surface area contributed by atoms with E-state index in [0.29, 0.717) is 22.2 Å². The minimum absolute atomic E-state index is 0.148. The van der Waals surface area contributed by atoms with Gasteiger partial charge in [-0.15, -0.1) is 0 Å². The summed E-state index contributed by atoms with van der Waals surface area (Å²) in [5.41, 5.74) is 3.37. The molecule has 27 heavy (non-hydrogen) atoms. The molecule has 0 atom stereocenters. The summed E-state index contributed by atoms with van der Waals surface area (Å²) in [5, 5.41) is 12.1. The topological polar surface area (TPSA) is 62.2 Å². The molecule has 0 bridgehead atoms. The summed E-state index contributed by atoms with van der Waals surface area (Å²) in [6, 6.07) is 19.0. The molecule has 0 aliphatic heterocycles. The molecule has 0 radical (unpaired) electrons. The van der Waals surface area contributed by atoms with Crippen molar-refractivity contribution in [1.29, 1.82) is 0 Å². The lowest BCUT2D eigenvalue weighted by Gasteiger charge is -2.10. The van der Waals surface area contributed by atoms with E-state index in [-0.39, 0.29) is 12.5 Å². The number of hydrogen-bond donors (Lipinski definition) is 2. The van der Waals surface area contributed by atoms with Crippen molar-refractivity contribution in [2.75, 3.05) is 17.7 Å². The molecule has 4 nitrogen and oxygen atoms in total. The van der Waals surface area contributed by atoms with Crippen molar-refractivity contribution in [3.8, 4) is 11.1 Å². The normalized spacial score (nSPS) is 10.6. The van der Waals surface area contributed by atoms with Crippen molar-refractivity contribution in [2.45, 2.75) is 5.75 Å². The van der Waals surface area contributed by atoms with E-state index in [1.54, 1.807) is 30.1 Å². The third-order valence-electron chi connectivity index (χ3n) is 3.89. The second kappa shape index (κ2) is 9.55. The third-order valence-corrected chi connectivity index (χ3v) is 5.23. The van der Waals surface area contributed by atoms with Gasteiger partial charge in [0, 0.05) is 17.7 Å². The first kappa shape index (κ1) is 19.4. The quantitative estimate of drug-likeness (QED) is 0.557. The van der Waals surface area contributed by atoms with E-state index in [0.717, 1.165) is 22.4 Å². The van der Waals surface area contributed by atoms with Crippen molar-refractivity contribution in [1.82, 2.24) is 4.98 Å². The Morgan fingerprint density at radius 2 is 1.89 bits per heavy atom.